The van der Waals surface area contributed by atoms with E-state index < -0.39 is 0 Å². The lowest BCUT2D eigenvalue weighted by Crippen LogP contribution is -2.36. The number of nitrogens with one attached hydrogen (secondary N) is 1. The largest absolute Gasteiger partial charge is 0.490 e. The van der Waals surface area contributed by atoms with Crippen LogP contribution >= 0.6 is 11.6 Å². The Bertz CT molecular complexity index is 784. The molecule has 1 aromatic carbocycles. The Kier molecular flexibility index (Phi) is 8.04. The molecule has 1 N–H and O–H groups in total. The number of amides is 1. The summed E-state index contributed by atoms with van der Waals surface area (Å²) in [5.41, 5.74) is 0.600. The molecule has 0 aliphatic heterocycles. The van der Waals surface area contributed by atoms with Crippen LogP contribution in [0.2, 0.25) is 5.02 Å². The summed E-state index contributed by atoms with van der Waals surface area (Å²) in [6.45, 7) is 2.30. The second-order valence-electron chi connectivity index (χ2n) is 6.23. The predicted molar refractivity (Wildman–Crippen MR) is 106 cm³/mol. The van der Waals surface area contributed by atoms with Gasteiger partial charge in [0, 0.05) is 6.04 Å². The van der Waals surface area contributed by atoms with Gasteiger partial charge in [-0.15, -0.1) is 6.42 Å². The third-order valence-corrected chi connectivity index (χ3v) is 4.53. The van der Waals surface area contributed by atoms with Crippen LogP contribution in [0.3, 0.4) is 0 Å². The minimum atomic E-state index is -0.369. The van der Waals surface area contributed by atoms with Gasteiger partial charge in [-0.25, -0.2) is 0 Å². The molecule has 0 aromatic heterocycles. The highest BCUT2D eigenvalue weighted by Gasteiger charge is 2.19. The van der Waals surface area contributed by atoms with Crippen molar-refractivity contribution in [2.45, 2.75) is 45.1 Å². The molecule has 142 valence electrons. The molecule has 1 fully saturated rings. The number of benzene rings is 1. The molecule has 0 spiro atoms. The van der Waals surface area contributed by atoms with Crippen molar-refractivity contribution in [3.63, 3.8) is 0 Å². The molecule has 0 saturated heterocycles. The number of ether oxygens (including phenoxy) is 2. The zero-order chi connectivity index (χ0) is 19.6. The van der Waals surface area contributed by atoms with Gasteiger partial charge in [0.25, 0.3) is 5.91 Å². The summed E-state index contributed by atoms with van der Waals surface area (Å²) in [5, 5.41) is 12.7. The summed E-state index contributed by atoms with van der Waals surface area (Å²) in [5.74, 6) is 2.77. The molecule has 0 heterocycles. The lowest BCUT2D eigenvalue weighted by molar-refractivity contribution is -0.117. The first-order valence-electron chi connectivity index (χ1n) is 9.04. The molecule has 1 aromatic rings. The standard InChI is InChI=1S/C21H23ClN2O3/c1-3-10-27-20-18(22)12-15(13-19(20)26-4-2)11-16(14-23)21(25)24-17-8-6-5-7-9-17/h1,11-13,17H,4-10H2,2H3,(H,24,25)/b16-11+. The van der Waals surface area contributed by atoms with E-state index in [1.807, 2.05) is 13.0 Å². The van der Waals surface area contributed by atoms with Gasteiger partial charge in [-0.05, 0) is 43.5 Å². The van der Waals surface area contributed by atoms with Gasteiger partial charge < -0.3 is 14.8 Å². The quantitative estimate of drug-likeness (QED) is 0.435. The minimum Gasteiger partial charge on any atom is -0.490 e. The fraction of sp³-hybridized carbons (Fsp3) is 0.429. The van der Waals surface area contributed by atoms with Gasteiger partial charge in [0.15, 0.2) is 11.5 Å². The van der Waals surface area contributed by atoms with Gasteiger partial charge in [0.1, 0.15) is 18.2 Å². The average Bonchev–Trinajstić information content (AvgIpc) is 2.66. The number of rotatable bonds is 7. The third kappa shape index (κ3) is 5.94. The number of hydrogen-bond donors (Lipinski definition) is 1. The van der Waals surface area contributed by atoms with E-state index >= 15 is 0 Å². The second kappa shape index (κ2) is 10.5. The zero-order valence-corrected chi connectivity index (χ0v) is 16.1. The number of halogens is 1. The van der Waals surface area contributed by atoms with Gasteiger partial charge in [-0.2, -0.15) is 5.26 Å². The Labute approximate surface area is 165 Å². The van der Waals surface area contributed by atoms with Crippen LogP contribution in [0.1, 0.15) is 44.6 Å². The smallest absolute Gasteiger partial charge is 0.262 e. The minimum absolute atomic E-state index is 0.0244. The first-order chi connectivity index (χ1) is 13.1. The van der Waals surface area contributed by atoms with Crippen LogP contribution in [0.5, 0.6) is 11.5 Å². The molecule has 1 amide bonds. The van der Waals surface area contributed by atoms with Crippen molar-refractivity contribution >= 4 is 23.6 Å². The average molecular weight is 387 g/mol. The highest BCUT2D eigenvalue weighted by Crippen LogP contribution is 2.37. The van der Waals surface area contributed by atoms with Crippen molar-refractivity contribution in [1.82, 2.24) is 5.32 Å². The van der Waals surface area contributed by atoms with E-state index in [0.717, 1.165) is 25.7 Å². The predicted octanol–water partition coefficient (Wildman–Crippen LogP) is 4.11. The SMILES string of the molecule is C#CCOc1c(Cl)cc(/C=C(\C#N)C(=O)NC2CCCCC2)cc1OCC. The van der Waals surface area contributed by atoms with Crippen LogP contribution in [0, 0.1) is 23.7 Å². The Hall–Kier alpha value is -2.63. The summed E-state index contributed by atoms with van der Waals surface area (Å²) in [6.07, 6.45) is 12.0. The topological polar surface area (TPSA) is 71.3 Å². The van der Waals surface area contributed by atoms with Crippen molar-refractivity contribution < 1.29 is 14.3 Å². The van der Waals surface area contributed by atoms with Crippen molar-refractivity contribution in [3.8, 4) is 29.9 Å². The van der Waals surface area contributed by atoms with Gasteiger partial charge in [-0.3, -0.25) is 4.79 Å². The summed E-state index contributed by atoms with van der Waals surface area (Å²) in [4.78, 5) is 12.4. The van der Waals surface area contributed by atoms with Crippen LogP contribution in [0.25, 0.3) is 6.08 Å². The molecule has 0 radical (unpaired) electrons. The number of carbonyl (C=O) groups excluding carboxylic acids is 1. The molecule has 0 atom stereocenters. The lowest BCUT2D eigenvalue weighted by Gasteiger charge is -2.22. The summed E-state index contributed by atoms with van der Waals surface area (Å²) >= 11 is 6.28. The van der Waals surface area contributed by atoms with E-state index in [1.54, 1.807) is 12.1 Å². The highest BCUT2D eigenvalue weighted by molar-refractivity contribution is 6.32. The van der Waals surface area contributed by atoms with Crippen LogP contribution in [-0.4, -0.2) is 25.2 Å². The van der Waals surface area contributed by atoms with Gasteiger partial charge in [0.2, 0.25) is 0 Å². The van der Waals surface area contributed by atoms with Crippen LogP contribution in [0.15, 0.2) is 17.7 Å². The maximum Gasteiger partial charge on any atom is 0.262 e. The number of carbonyl (C=O) groups is 1. The Morgan fingerprint density at radius 1 is 1.37 bits per heavy atom. The monoisotopic (exact) mass is 386 g/mol. The van der Waals surface area contributed by atoms with E-state index in [2.05, 4.69) is 11.2 Å². The Morgan fingerprint density at radius 2 is 2.11 bits per heavy atom. The molecule has 1 saturated carbocycles. The molecular weight excluding hydrogens is 364 g/mol. The normalized spacial score (nSPS) is 14.7. The molecule has 0 unspecified atom stereocenters. The van der Waals surface area contributed by atoms with Gasteiger partial charge in [0.05, 0.1) is 11.6 Å². The van der Waals surface area contributed by atoms with Gasteiger partial charge >= 0.3 is 0 Å². The second-order valence-corrected chi connectivity index (χ2v) is 6.64. The maximum absolute atomic E-state index is 12.4. The fourth-order valence-corrected chi connectivity index (χ4v) is 3.29. The van der Waals surface area contributed by atoms with Crippen molar-refractivity contribution in [2.24, 2.45) is 0 Å². The summed E-state index contributed by atoms with van der Waals surface area (Å²) < 4.78 is 11.0. The number of nitrogens with zero attached hydrogens (tertiary/aromatic N) is 1. The maximum atomic E-state index is 12.4. The molecule has 27 heavy (non-hydrogen) atoms. The first kappa shape index (κ1) is 20.7. The zero-order valence-electron chi connectivity index (χ0n) is 15.4. The van der Waals surface area contributed by atoms with E-state index in [-0.39, 0.29) is 24.1 Å². The molecule has 6 heteroatoms. The molecule has 1 aliphatic rings. The molecule has 0 bridgehead atoms. The first-order valence-corrected chi connectivity index (χ1v) is 9.42. The van der Waals surface area contributed by atoms with Crippen LogP contribution < -0.4 is 14.8 Å². The van der Waals surface area contributed by atoms with Crippen molar-refractivity contribution in [1.29, 1.82) is 5.26 Å². The van der Waals surface area contributed by atoms with Crippen LogP contribution in [-0.2, 0) is 4.79 Å². The Balaban J connectivity index is 2.24. The lowest BCUT2D eigenvalue weighted by atomic mass is 9.95. The summed E-state index contributed by atoms with van der Waals surface area (Å²) in [7, 11) is 0. The van der Waals surface area contributed by atoms with Gasteiger partial charge in [-0.1, -0.05) is 36.8 Å². The molecule has 1 aliphatic carbocycles. The molecular formula is C21H23ClN2O3. The fourth-order valence-electron chi connectivity index (χ4n) is 3.01. The van der Waals surface area contributed by atoms with E-state index in [9.17, 15) is 10.1 Å². The van der Waals surface area contributed by atoms with E-state index in [4.69, 9.17) is 27.5 Å². The number of nitriles is 1. The Morgan fingerprint density at radius 3 is 2.74 bits per heavy atom. The van der Waals surface area contributed by atoms with Crippen molar-refractivity contribution in [3.05, 3.63) is 28.3 Å². The highest BCUT2D eigenvalue weighted by atomic mass is 35.5. The molecule has 2 rings (SSSR count). The third-order valence-electron chi connectivity index (χ3n) is 4.25. The van der Waals surface area contributed by atoms with E-state index in [0.29, 0.717) is 28.7 Å². The van der Waals surface area contributed by atoms with Crippen molar-refractivity contribution in [2.75, 3.05) is 13.2 Å². The number of hydrogen-bond acceptors (Lipinski definition) is 4. The van der Waals surface area contributed by atoms with E-state index in [1.165, 1.54) is 12.5 Å². The summed E-state index contributed by atoms with van der Waals surface area (Å²) in [6, 6.07) is 5.38. The van der Waals surface area contributed by atoms with Crippen LogP contribution in [0.4, 0.5) is 0 Å². The molecule has 5 nitrogen and oxygen atoms in total. The number of terminal acetylenes is 1.